The molecule has 5 heteroatoms. The number of thioether (sulfide) groups is 1. The van der Waals surface area contributed by atoms with Crippen molar-refractivity contribution in [3.05, 3.63) is 0 Å². The largest absolute Gasteiger partial charge is 0.389 e. The Morgan fingerprint density at radius 3 is 2.77 bits per heavy atom. The second kappa shape index (κ2) is 4.00. The Balaban J connectivity index is 2.49. The molecule has 0 aliphatic carbocycles. The minimum absolute atomic E-state index is 0.158. The molecule has 0 saturated heterocycles. The Hall–Kier alpha value is -0.710. The van der Waals surface area contributed by atoms with E-state index in [4.69, 9.17) is 4.84 Å². The first-order chi connectivity index (χ1) is 6.07. The third-order valence-electron chi connectivity index (χ3n) is 1.60. The molecule has 0 spiro atoms. The maximum atomic E-state index is 5.23. The minimum Gasteiger partial charge on any atom is -0.389 e. The lowest BCUT2D eigenvalue weighted by atomic mass is 10.1. The van der Waals surface area contributed by atoms with Crippen molar-refractivity contribution in [1.29, 1.82) is 0 Å². The van der Waals surface area contributed by atoms with Crippen LogP contribution >= 0.6 is 11.8 Å². The van der Waals surface area contributed by atoms with E-state index < -0.39 is 0 Å². The van der Waals surface area contributed by atoms with Crippen LogP contribution in [0.25, 0.3) is 0 Å². The van der Waals surface area contributed by atoms with Crippen LogP contribution in [0.4, 0.5) is 0 Å². The highest BCUT2D eigenvalue weighted by Gasteiger charge is 2.29. The molecular formula is C8H15N3OS. The number of nitrogens with one attached hydrogen (secondary N) is 1. The first-order valence-corrected chi connectivity index (χ1v) is 4.96. The molecule has 0 aromatic heterocycles. The highest BCUT2D eigenvalue weighted by molar-refractivity contribution is 8.26. The van der Waals surface area contributed by atoms with E-state index in [1.54, 1.807) is 7.05 Å². The zero-order valence-corrected chi connectivity index (χ0v) is 9.23. The Bertz CT molecular complexity index is 248. The van der Waals surface area contributed by atoms with Crippen LogP contribution in [-0.2, 0) is 4.84 Å². The van der Waals surface area contributed by atoms with Gasteiger partial charge in [-0.1, -0.05) is 5.16 Å². The fraction of sp³-hybridized carbons (Fsp3) is 0.750. The predicted octanol–water partition coefficient (Wildman–Crippen LogP) is 1.44. The third kappa shape index (κ3) is 2.91. The van der Waals surface area contributed by atoms with Gasteiger partial charge in [0.05, 0.1) is 0 Å². The molecule has 0 unspecified atom stereocenters. The van der Waals surface area contributed by atoms with Crippen molar-refractivity contribution in [3.8, 4) is 0 Å². The molecule has 1 rings (SSSR count). The molecule has 74 valence electrons. The zero-order chi connectivity index (χ0) is 9.90. The summed E-state index contributed by atoms with van der Waals surface area (Å²) in [6.45, 7) is 4.04. The van der Waals surface area contributed by atoms with E-state index in [1.807, 2.05) is 20.9 Å². The van der Waals surface area contributed by atoms with Crippen LogP contribution in [0.3, 0.4) is 0 Å². The molecule has 4 nitrogen and oxygen atoms in total. The van der Waals surface area contributed by atoms with E-state index in [1.165, 1.54) is 11.8 Å². The zero-order valence-electron chi connectivity index (χ0n) is 8.42. The summed E-state index contributed by atoms with van der Waals surface area (Å²) in [5.41, 5.74) is -0.158. The van der Waals surface area contributed by atoms with Crippen LogP contribution in [-0.4, -0.2) is 29.9 Å². The van der Waals surface area contributed by atoms with Crippen LogP contribution in [0, 0.1) is 0 Å². The molecule has 0 saturated carbocycles. The van der Waals surface area contributed by atoms with Gasteiger partial charge in [-0.2, -0.15) is 0 Å². The number of aliphatic imine (C=N–C) groups is 1. The lowest BCUT2D eigenvalue weighted by Crippen LogP contribution is -2.20. The molecule has 0 fully saturated rings. The van der Waals surface area contributed by atoms with E-state index in [-0.39, 0.29) is 5.60 Å². The van der Waals surface area contributed by atoms with E-state index in [0.717, 1.165) is 16.6 Å². The molecule has 0 aromatic rings. The minimum atomic E-state index is -0.158. The smallest absolute Gasteiger partial charge is 0.162 e. The molecule has 0 atom stereocenters. The fourth-order valence-electron chi connectivity index (χ4n) is 0.978. The van der Waals surface area contributed by atoms with Crippen molar-refractivity contribution in [1.82, 2.24) is 5.32 Å². The lowest BCUT2D eigenvalue weighted by molar-refractivity contribution is 0.0123. The maximum absolute atomic E-state index is 5.23. The molecule has 1 heterocycles. The molecule has 0 bridgehead atoms. The monoisotopic (exact) mass is 201 g/mol. The van der Waals surface area contributed by atoms with Crippen molar-refractivity contribution < 1.29 is 4.84 Å². The fourth-order valence-corrected chi connectivity index (χ4v) is 1.89. The average Bonchev–Trinajstić information content (AvgIpc) is 2.41. The SMILES string of the molecule is CN=C(NC)SC1=NOC(C)(C)C1. The first kappa shape index (κ1) is 10.4. The van der Waals surface area contributed by atoms with Gasteiger partial charge in [0.15, 0.2) is 5.17 Å². The molecule has 1 aliphatic heterocycles. The van der Waals surface area contributed by atoms with E-state index in [9.17, 15) is 0 Å². The Morgan fingerprint density at radius 1 is 1.69 bits per heavy atom. The highest BCUT2D eigenvalue weighted by Crippen LogP contribution is 2.27. The quantitative estimate of drug-likeness (QED) is 0.476. The Labute approximate surface area is 82.8 Å². The second-order valence-electron chi connectivity index (χ2n) is 3.39. The highest BCUT2D eigenvalue weighted by atomic mass is 32.2. The summed E-state index contributed by atoms with van der Waals surface area (Å²) in [6.07, 6.45) is 0.846. The summed E-state index contributed by atoms with van der Waals surface area (Å²) in [7, 11) is 3.59. The van der Waals surface area contributed by atoms with Gasteiger partial charge in [0.2, 0.25) is 0 Å². The summed E-state index contributed by atoms with van der Waals surface area (Å²) in [5, 5.41) is 8.80. The van der Waals surface area contributed by atoms with Gasteiger partial charge < -0.3 is 10.2 Å². The summed E-state index contributed by atoms with van der Waals surface area (Å²) >= 11 is 1.52. The van der Waals surface area contributed by atoms with Crippen molar-refractivity contribution in [2.45, 2.75) is 25.9 Å². The van der Waals surface area contributed by atoms with E-state index in [0.29, 0.717) is 0 Å². The Morgan fingerprint density at radius 2 is 2.38 bits per heavy atom. The van der Waals surface area contributed by atoms with Crippen LogP contribution in [0.5, 0.6) is 0 Å². The summed E-state index contributed by atoms with van der Waals surface area (Å²) in [5.74, 6) is 0. The molecule has 0 radical (unpaired) electrons. The number of oxime groups is 1. The predicted molar refractivity (Wildman–Crippen MR) is 57.2 cm³/mol. The van der Waals surface area contributed by atoms with Gasteiger partial charge >= 0.3 is 0 Å². The molecule has 0 amide bonds. The summed E-state index contributed by atoms with van der Waals surface area (Å²) in [6, 6.07) is 0. The Kier molecular flexibility index (Phi) is 3.19. The number of nitrogens with zero attached hydrogens (tertiary/aromatic N) is 2. The van der Waals surface area contributed by atoms with Crippen molar-refractivity contribution >= 4 is 22.0 Å². The standard InChI is InChI=1S/C8H15N3OS/c1-8(2)5-6(11-12-8)13-7(9-3)10-4/h5H2,1-4H3,(H,9,10). The van der Waals surface area contributed by atoms with Gasteiger partial charge in [-0.05, 0) is 25.6 Å². The lowest BCUT2D eigenvalue weighted by Gasteiger charge is -2.13. The number of hydrogen-bond acceptors (Lipinski definition) is 4. The normalized spacial score (nSPS) is 20.9. The van der Waals surface area contributed by atoms with Crippen LogP contribution < -0.4 is 5.32 Å². The van der Waals surface area contributed by atoms with Crippen molar-refractivity contribution in [2.24, 2.45) is 10.1 Å². The number of rotatable bonds is 0. The second-order valence-corrected chi connectivity index (χ2v) is 4.46. The maximum Gasteiger partial charge on any atom is 0.162 e. The van der Waals surface area contributed by atoms with Gasteiger partial charge in [-0.3, -0.25) is 4.99 Å². The van der Waals surface area contributed by atoms with Gasteiger partial charge in [-0.25, -0.2) is 0 Å². The number of hydrogen-bond donors (Lipinski definition) is 1. The van der Waals surface area contributed by atoms with Crippen molar-refractivity contribution in [2.75, 3.05) is 14.1 Å². The summed E-state index contributed by atoms with van der Waals surface area (Å²) in [4.78, 5) is 9.28. The number of amidine groups is 1. The molecule has 1 aliphatic rings. The van der Waals surface area contributed by atoms with Crippen LogP contribution in [0.15, 0.2) is 10.1 Å². The van der Waals surface area contributed by atoms with Gasteiger partial charge in [0.1, 0.15) is 10.6 Å². The summed E-state index contributed by atoms with van der Waals surface area (Å²) < 4.78 is 0. The van der Waals surface area contributed by atoms with E-state index >= 15 is 0 Å². The molecule has 1 N–H and O–H groups in total. The third-order valence-corrected chi connectivity index (χ3v) is 2.64. The van der Waals surface area contributed by atoms with Crippen LogP contribution in [0.1, 0.15) is 20.3 Å². The van der Waals surface area contributed by atoms with Gasteiger partial charge in [0.25, 0.3) is 0 Å². The topological polar surface area (TPSA) is 46.0 Å². The first-order valence-electron chi connectivity index (χ1n) is 4.15. The molecular weight excluding hydrogens is 186 g/mol. The average molecular weight is 201 g/mol. The van der Waals surface area contributed by atoms with Crippen molar-refractivity contribution in [3.63, 3.8) is 0 Å². The van der Waals surface area contributed by atoms with Crippen LogP contribution in [0.2, 0.25) is 0 Å². The van der Waals surface area contributed by atoms with Gasteiger partial charge in [0, 0.05) is 20.5 Å². The molecule has 0 aromatic carbocycles. The molecule has 13 heavy (non-hydrogen) atoms. The van der Waals surface area contributed by atoms with Gasteiger partial charge in [-0.15, -0.1) is 0 Å². The van der Waals surface area contributed by atoms with E-state index in [2.05, 4.69) is 15.5 Å².